The summed E-state index contributed by atoms with van der Waals surface area (Å²) in [6, 6.07) is 12.5. The van der Waals surface area contributed by atoms with Crippen molar-refractivity contribution >= 4 is 39.9 Å². The van der Waals surface area contributed by atoms with Gasteiger partial charge >= 0.3 is 0 Å². The maximum absolute atomic E-state index is 12.1. The van der Waals surface area contributed by atoms with Crippen LogP contribution >= 0.6 is 11.6 Å². The second kappa shape index (κ2) is 6.58. The Balaban J connectivity index is 1.69. The minimum absolute atomic E-state index is 0.0386. The van der Waals surface area contributed by atoms with E-state index in [4.69, 9.17) is 16.0 Å². The molecule has 27 heavy (non-hydrogen) atoms. The lowest BCUT2D eigenvalue weighted by atomic mass is 10.2. The fraction of sp³-hybridized carbons (Fsp3) is 0. The van der Waals surface area contributed by atoms with Gasteiger partial charge in [-0.05, 0) is 36.4 Å². The molecule has 0 saturated heterocycles. The van der Waals surface area contributed by atoms with Gasteiger partial charge in [0.2, 0.25) is 0 Å². The van der Waals surface area contributed by atoms with E-state index in [0.717, 1.165) is 0 Å². The SMILES string of the molecule is O=C(Nc1ccc(Cl)c(-c2nc3ccc([N+](=O)[O-])cc3[nH]2)c1)c1ccco1. The van der Waals surface area contributed by atoms with Gasteiger partial charge in [-0.1, -0.05) is 11.6 Å². The van der Waals surface area contributed by atoms with Crippen LogP contribution in [0.3, 0.4) is 0 Å². The number of hydrogen-bond donors (Lipinski definition) is 2. The molecular weight excluding hydrogens is 372 g/mol. The maximum atomic E-state index is 12.1. The highest BCUT2D eigenvalue weighted by Crippen LogP contribution is 2.31. The molecule has 0 aliphatic carbocycles. The number of nitro groups is 1. The van der Waals surface area contributed by atoms with Crippen LogP contribution in [-0.2, 0) is 0 Å². The van der Waals surface area contributed by atoms with E-state index in [1.165, 1.54) is 18.4 Å². The Labute approximate surface area is 156 Å². The van der Waals surface area contributed by atoms with Gasteiger partial charge in [0.05, 0.1) is 27.2 Å². The summed E-state index contributed by atoms with van der Waals surface area (Å²) in [5.74, 6) is 0.223. The summed E-state index contributed by atoms with van der Waals surface area (Å²) in [5.41, 5.74) is 2.09. The van der Waals surface area contributed by atoms with E-state index in [1.54, 1.807) is 36.4 Å². The van der Waals surface area contributed by atoms with Crippen LogP contribution in [0.25, 0.3) is 22.4 Å². The van der Waals surface area contributed by atoms with Gasteiger partial charge in [-0.3, -0.25) is 14.9 Å². The van der Waals surface area contributed by atoms with Crippen LogP contribution in [0.4, 0.5) is 11.4 Å². The van der Waals surface area contributed by atoms with E-state index in [-0.39, 0.29) is 11.4 Å². The third-order valence-corrected chi connectivity index (χ3v) is 4.23. The normalized spacial score (nSPS) is 10.9. The van der Waals surface area contributed by atoms with E-state index in [1.807, 2.05) is 0 Å². The Bertz CT molecular complexity index is 1170. The van der Waals surface area contributed by atoms with Gasteiger partial charge in [-0.25, -0.2) is 4.98 Å². The maximum Gasteiger partial charge on any atom is 0.291 e. The number of fused-ring (bicyclic) bond motifs is 1. The number of imidazole rings is 1. The molecule has 2 heterocycles. The molecule has 0 radical (unpaired) electrons. The van der Waals surface area contributed by atoms with E-state index in [0.29, 0.717) is 33.1 Å². The van der Waals surface area contributed by atoms with Crippen LogP contribution in [-0.4, -0.2) is 20.8 Å². The topological polar surface area (TPSA) is 114 Å². The van der Waals surface area contributed by atoms with Crippen molar-refractivity contribution in [2.24, 2.45) is 0 Å². The minimum atomic E-state index is -0.474. The summed E-state index contributed by atoms with van der Waals surface area (Å²) < 4.78 is 5.06. The lowest BCUT2D eigenvalue weighted by Crippen LogP contribution is -2.10. The monoisotopic (exact) mass is 382 g/mol. The molecule has 0 atom stereocenters. The van der Waals surface area contributed by atoms with Crippen LogP contribution in [0, 0.1) is 10.1 Å². The number of nitrogens with one attached hydrogen (secondary N) is 2. The molecule has 0 bridgehead atoms. The fourth-order valence-electron chi connectivity index (χ4n) is 2.62. The summed E-state index contributed by atoms with van der Waals surface area (Å²) in [7, 11) is 0. The van der Waals surface area contributed by atoms with Crippen molar-refractivity contribution in [1.29, 1.82) is 0 Å². The zero-order chi connectivity index (χ0) is 19.0. The molecule has 0 spiro atoms. The number of furan rings is 1. The number of hydrogen-bond acceptors (Lipinski definition) is 5. The Kier molecular flexibility index (Phi) is 4.09. The molecule has 2 aromatic heterocycles. The number of amides is 1. The number of carbonyl (C=O) groups excluding carboxylic acids is 1. The van der Waals surface area contributed by atoms with Gasteiger partial charge < -0.3 is 14.7 Å². The summed E-state index contributed by atoms with van der Waals surface area (Å²) in [6.07, 6.45) is 1.41. The number of aromatic nitrogens is 2. The summed E-state index contributed by atoms with van der Waals surface area (Å²) in [6.45, 7) is 0. The average molecular weight is 383 g/mol. The number of nitro benzene ring substituents is 1. The molecule has 9 heteroatoms. The fourth-order valence-corrected chi connectivity index (χ4v) is 2.83. The first kappa shape index (κ1) is 16.8. The number of aromatic amines is 1. The first-order valence-corrected chi connectivity index (χ1v) is 8.18. The second-order valence-corrected chi connectivity index (χ2v) is 6.08. The molecule has 0 saturated carbocycles. The Morgan fingerprint density at radius 3 is 2.81 bits per heavy atom. The highest BCUT2D eigenvalue weighted by atomic mass is 35.5. The molecule has 0 unspecified atom stereocenters. The largest absolute Gasteiger partial charge is 0.459 e. The van der Waals surface area contributed by atoms with Crippen molar-refractivity contribution in [3.8, 4) is 11.4 Å². The zero-order valence-corrected chi connectivity index (χ0v) is 14.4. The quantitative estimate of drug-likeness (QED) is 0.394. The summed E-state index contributed by atoms with van der Waals surface area (Å²) in [4.78, 5) is 30.0. The smallest absolute Gasteiger partial charge is 0.291 e. The molecule has 8 nitrogen and oxygen atoms in total. The number of carbonyl (C=O) groups is 1. The van der Waals surface area contributed by atoms with E-state index >= 15 is 0 Å². The Hall–Kier alpha value is -3.65. The molecular formula is C18H11ClN4O4. The van der Waals surface area contributed by atoms with Crippen LogP contribution < -0.4 is 5.32 Å². The van der Waals surface area contributed by atoms with E-state index < -0.39 is 10.8 Å². The number of anilines is 1. The van der Waals surface area contributed by atoms with Crippen molar-refractivity contribution < 1.29 is 14.1 Å². The molecule has 134 valence electrons. The average Bonchev–Trinajstić information content (AvgIpc) is 3.32. The lowest BCUT2D eigenvalue weighted by molar-refractivity contribution is -0.384. The molecule has 0 aliphatic heterocycles. The van der Waals surface area contributed by atoms with Gasteiger partial charge in [0, 0.05) is 23.4 Å². The van der Waals surface area contributed by atoms with Crippen LogP contribution in [0.2, 0.25) is 5.02 Å². The highest BCUT2D eigenvalue weighted by molar-refractivity contribution is 6.33. The van der Waals surface area contributed by atoms with Gasteiger partial charge in [0.15, 0.2) is 5.76 Å². The first-order chi connectivity index (χ1) is 13.0. The number of rotatable bonds is 4. The van der Waals surface area contributed by atoms with Gasteiger partial charge in [-0.2, -0.15) is 0 Å². The van der Waals surface area contributed by atoms with E-state index in [2.05, 4.69) is 15.3 Å². The molecule has 4 aromatic rings. The van der Waals surface area contributed by atoms with Crippen molar-refractivity contribution in [3.05, 3.63) is 75.7 Å². The van der Waals surface area contributed by atoms with Crippen molar-refractivity contribution in [2.75, 3.05) is 5.32 Å². The number of nitrogens with zero attached hydrogens (tertiary/aromatic N) is 2. The molecule has 0 aliphatic rings. The predicted molar refractivity (Wildman–Crippen MR) is 99.9 cm³/mol. The molecule has 2 aromatic carbocycles. The van der Waals surface area contributed by atoms with Crippen molar-refractivity contribution in [1.82, 2.24) is 9.97 Å². The van der Waals surface area contributed by atoms with Crippen molar-refractivity contribution in [2.45, 2.75) is 0 Å². The molecule has 0 fully saturated rings. The number of halogens is 1. The molecule has 4 rings (SSSR count). The van der Waals surface area contributed by atoms with Crippen LogP contribution in [0.5, 0.6) is 0 Å². The molecule has 2 N–H and O–H groups in total. The number of benzene rings is 2. The third-order valence-electron chi connectivity index (χ3n) is 3.90. The second-order valence-electron chi connectivity index (χ2n) is 5.67. The van der Waals surface area contributed by atoms with E-state index in [9.17, 15) is 14.9 Å². The summed E-state index contributed by atoms with van der Waals surface area (Å²) >= 11 is 6.28. The predicted octanol–water partition coefficient (Wildman–Crippen LogP) is 4.64. The van der Waals surface area contributed by atoms with Gasteiger partial charge in [0.25, 0.3) is 11.6 Å². The highest BCUT2D eigenvalue weighted by Gasteiger charge is 2.15. The standard InChI is InChI=1S/C18H11ClN4O4/c19-13-5-3-10(20-18(24)16-2-1-7-27-16)8-12(13)17-21-14-6-4-11(23(25)26)9-15(14)22-17/h1-9H,(H,20,24)(H,21,22). The number of H-pyrrole nitrogens is 1. The van der Waals surface area contributed by atoms with Gasteiger partial charge in [0.1, 0.15) is 5.82 Å². The first-order valence-electron chi connectivity index (χ1n) is 7.80. The van der Waals surface area contributed by atoms with Crippen LogP contribution in [0.15, 0.2) is 59.2 Å². The zero-order valence-electron chi connectivity index (χ0n) is 13.6. The lowest BCUT2D eigenvalue weighted by Gasteiger charge is -2.07. The Morgan fingerprint density at radius 2 is 2.07 bits per heavy atom. The van der Waals surface area contributed by atoms with Gasteiger partial charge in [-0.15, -0.1) is 0 Å². The van der Waals surface area contributed by atoms with Crippen LogP contribution in [0.1, 0.15) is 10.6 Å². The number of non-ortho nitro benzene ring substituents is 1. The third kappa shape index (κ3) is 3.25. The minimum Gasteiger partial charge on any atom is -0.459 e. The van der Waals surface area contributed by atoms with Crippen molar-refractivity contribution in [3.63, 3.8) is 0 Å². The summed E-state index contributed by atoms with van der Waals surface area (Å²) in [5, 5.41) is 14.1. The Morgan fingerprint density at radius 1 is 1.22 bits per heavy atom. The molecule has 1 amide bonds.